The first-order valence-corrected chi connectivity index (χ1v) is 15.0. The Hall–Kier alpha value is -2.82. The third-order valence-corrected chi connectivity index (χ3v) is 8.66. The molecule has 1 aliphatic carbocycles. The van der Waals surface area contributed by atoms with Crippen molar-refractivity contribution in [1.29, 1.82) is 0 Å². The van der Waals surface area contributed by atoms with E-state index in [2.05, 4.69) is 5.32 Å². The first-order valence-electron chi connectivity index (χ1n) is 15.0. The quantitative estimate of drug-likeness (QED) is 0.317. The second-order valence-electron chi connectivity index (χ2n) is 12.0. The highest BCUT2D eigenvalue weighted by Crippen LogP contribution is 2.35. The number of ketones is 3. The summed E-state index contributed by atoms with van der Waals surface area (Å²) in [6.07, 6.45) is 5.16. The number of fused-ring (bicyclic) bond motifs is 1. The summed E-state index contributed by atoms with van der Waals surface area (Å²) in [6.45, 7) is 5.16. The van der Waals surface area contributed by atoms with Crippen molar-refractivity contribution in [2.24, 2.45) is 17.8 Å². The van der Waals surface area contributed by atoms with E-state index in [9.17, 15) is 19.2 Å². The first kappa shape index (κ1) is 29.7. The molecule has 1 aromatic rings. The average Bonchev–Trinajstić information content (AvgIpc) is 3.48. The van der Waals surface area contributed by atoms with E-state index in [4.69, 9.17) is 18.9 Å². The van der Waals surface area contributed by atoms with Gasteiger partial charge in [0.2, 0.25) is 12.7 Å². The molecule has 0 radical (unpaired) electrons. The van der Waals surface area contributed by atoms with Crippen LogP contribution in [0.25, 0.3) is 0 Å². The Bertz CT molecular complexity index is 1110. The third kappa shape index (κ3) is 8.36. The van der Waals surface area contributed by atoms with Crippen molar-refractivity contribution in [3.8, 4) is 11.5 Å². The lowest BCUT2D eigenvalue weighted by Crippen LogP contribution is -2.46. The fourth-order valence-electron chi connectivity index (χ4n) is 6.18. The topological polar surface area (TPSA) is 124 Å². The van der Waals surface area contributed by atoms with Gasteiger partial charge in [0, 0.05) is 37.8 Å². The maximum absolute atomic E-state index is 13.8. The summed E-state index contributed by atoms with van der Waals surface area (Å²) in [5.74, 6) is 0.133. The summed E-state index contributed by atoms with van der Waals surface area (Å²) in [4.78, 5) is 54.9. The number of hydrogen-bond donors (Lipinski definition) is 1. The predicted octanol–water partition coefficient (Wildman–Crippen LogP) is 2.49. The summed E-state index contributed by atoms with van der Waals surface area (Å²) in [5, 5.41) is 2.94. The van der Waals surface area contributed by atoms with Crippen molar-refractivity contribution in [3.05, 3.63) is 23.8 Å². The number of morpholine rings is 1. The van der Waals surface area contributed by atoms with Crippen LogP contribution in [-0.4, -0.2) is 86.6 Å². The van der Waals surface area contributed by atoms with Crippen LogP contribution in [0.3, 0.4) is 0 Å². The number of benzene rings is 1. The monoisotopic (exact) mass is 570 g/mol. The predicted molar refractivity (Wildman–Crippen MR) is 149 cm³/mol. The van der Waals surface area contributed by atoms with E-state index >= 15 is 0 Å². The molecular formula is C31H42N2O8. The van der Waals surface area contributed by atoms with Gasteiger partial charge in [-0.25, -0.2) is 0 Å². The minimum absolute atomic E-state index is 0.000448. The van der Waals surface area contributed by atoms with Crippen LogP contribution in [0.15, 0.2) is 18.2 Å². The lowest BCUT2D eigenvalue weighted by Gasteiger charge is -2.26. The molecule has 1 amide bonds. The molecule has 1 aromatic carbocycles. The molecule has 0 unspecified atom stereocenters. The van der Waals surface area contributed by atoms with Gasteiger partial charge >= 0.3 is 0 Å². The number of nitrogens with zero attached hydrogens (tertiary/aromatic N) is 1. The number of Topliss-reactive ketones (excluding diaryl/α,β-unsaturated/α-hetero) is 3. The Labute approximate surface area is 241 Å². The second kappa shape index (κ2) is 13.9. The zero-order valence-corrected chi connectivity index (χ0v) is 23.9. The lowest BCUT2D eigenvalue weighted by atomic mass is 9.83. The number of amides is 1. The Morgan fingerprint density at radius 1 is 1.02 bits per heavy atom. The molecule has 1 saturated carbocycles. The van der Waals surface area contributed by atoms with Gasteiger partial charge in [-0.3, -0.25) is 24.1 Å². The number of epoxide rings is 1. The van der Waals surface area contributed by atoms with E-state index < -0.39 is 24.0 Å². The molecule has 41 heavy (non-hydrogen) atoms. The van der Waals surface area contributed by atoms with E-state index in [-0.39, 0.29) is 55.9 Å². The van der Waals surface area contributed by atoms with E-state index in [1.165, 1.54) is 0 Å². The smallest absolute Gasteiger partial charge is 0.231 e. The molecule has 4 atom stereocenters. The summed E-state index contributed by atoms with van der Waals surface area (Å²) >= 11 is 0. The molecule has 4 aliphatic rings. The molecule has 3 heterocycles. The molecule has 10 heteroatoms. The van der Waals surface area contributed by atoms with Crippen molar-refractivity contribution < 1.29 is 38.1 Å². The highest BCUT2D eigenvalue weighted by atomic mass is 16.7. The molecule has 10 nitrogen and oxygen atoms in total. The normalized spacial score (nSPS) is 22.6. The largest absolute Gasteiger partial charge is 0.454 e. The van der Waals surface area contributed by atoms with E-state index in [0.717, 1.165) is 31.2 Å². The fourth-order valence-corrected chi connectivity index (χ4v) is 6.18. The number of ether oxygens (including phenoxy) is 4. The summed E-state index contributed by atoms with van der Waals surface area (Å²) in [5.41, 5.74) is 0.813. The van der Waals surface area contributed by atoms with E-state index in [1.54, 1.807) is 13.0 Å². The highest BCUT2D eigenvalue weighted by Gasteiger charge is 2.39. The number of hydrogen-bond acceptors (Lipinski definition) is 9. The van der Waals surface area contributed by atoms with Crippen LogP contribution < -0.4 is 14.8 Å². The van der Waals surface area contributed by atoms with Gasteiger partial charge in [0.05, 0.1) is 32.4 Å². The zero-order valence-electron chi connectivity index (χ0n) is 23.9. The fraction of sp³-hybridized carbons (Fsp3) is 0.677. The van der Waals surface area contributed by atoms with Gasteiger partial charge in [0.25, 0.3) is 0 Å². The molecule has 0 aromatic heterocycles. The minimum atomic E-state index is -0.835. The maximum Gasteiger partial charge on any atom is 0.231 e. The summed E-state index contributed by atoms with van der Waals surface area (Å²) in [7, 11) is 0. The van der Waals surface area contributed by atoms with Crippen molar-refractivity contribution in [1.82, 2.24) is 10.2 Å². The van der Waals surface area contributed by atoms with Gasteiger partial charge in [-0.1, -0.05) is 38.7 Å². The van der Waals surface area contributed by atoms with Gasteiger partial charge in [0.15, 0.2) is 23.1 Å². The average molecular weight is 571 g/mol. The third-order valence-electron chi connectivity index (χ3n) is 8.66. The molecule has 0 bridgehead atoms. The SMILES string of the molecule is C[C@H](CC(=O)CN1CCOCC1)C(=O)N[C@@H](Cc1ccc2c(c1)OCO2)C(=O)C[C@@H](CC1CCCC1)C(=O)[C@H]1CO1. The molecule has 224 valence electrons. The highest BCUT2D eigenvalue weighted by molar-refractivity contribution is 5.96. The van der Waals surface area contributed by atoms with Crippen molar-refractivity contribution in [2.75, 3.05) is 46.2 Å². The van der Waals surface area contributed by atoms with Crippen molar-refractivity contribution in [3.63, 3.8) is 0 Å². The Morgan fingerprint density at radius 2 is 1.76 bits per heavy atom. The van der Waals surface area contributed by atoms with Crippen LogP contribution in [-0.2, 0) is 35.1 Å². The summed E-state index contributed by atoms with van der Waals surface area (Å²) < 4.78 is 21.5. The molecule has 1 N–H and O–H groups in total. The standard InChI is InChI=1S/C31H42N2O8/c1-20(12-24(34)17-33-8-10-38-11-9-33)31(37)32-25(14-22-6-7-27-28(15-22)41-19-40-27)26(35)16-23(30(36)29-18-39-29)13-21-4-2-3-5-21/h6-7,15,20-21,23,25,29H,2-5,8-14,16-19H2,1H3,(H,32,37)/t20-,23-,25+,29-/m1/s1. The van der Waals surface area contributed by atoms with Crippen LogP contribution in [0.2, 0.25) is 0 Å². The first-order chi connectivity index (χ1) is 19.9. The van der Waals surface area contributed by atoms with Gasteiger partial charge in [-0.15, -0.1) is 0 Å². The Morgan fingerprint density at radius 3 is 2.49 bits per heavy atom. The van der Waals surface area contributed by atoms with Crippen molar-refractivity contribution >= 4 is 23.3 Å². The summed E-state index contributed by atoms with van der Waals surface area (Å²) in [6, 6.07) is 4.64. The number of rotatable bonds is 15. The minimum Gasteiger partial charge on any atom is -0.454 e. The van der Waals surface area contributed by atoms with Gasteiger partial charge in [-0.05, 0) is 36.5 Å². The van der Waals surface area contributed by atoms with Crippen LogP contribution in [0, 0.1) is 17.8 Å². The van der Waals surface area contributed by atoms with Crippen LogP contribution in [0.5, 0.6) is 11.5 Å². The molecular weight excluding hydrogens is 528 g/mol. The van der Waals surface area contributed by atoms with Gasteiger partial charge in [0.1, 0.15) is 11.9 Å². The second-order valence-corrected chi connectivity index (χ2v) is 12.0. The molecule has 5 rings (SSSR count). The van der Waals surface area contributed by atoms with Crippen LogP contribution in [0.4, 0.5) is 0 Å². The maximum atomic E-state index is 13.8. The van der Waals surface area contributed by atoms with Gasteiger partial charge in [-0.2, -0.15) is 0 Å². The zero-order chi connectivity index (χ0) is 28.8. The van der Waals surface area contributed by atoms with Crippen LogP contribution >= 0.6 is 0 Å². The Kier molecular flexibility index (Phi) is 10.1. The van der Waals surface area contributed by atoms with E-state index in [1.807, 2.05) is 17.0 Å². The Balaban J connectivity index is 1.25. The number of carbonyl (C=O) groups is 4. The molecule has 3 fully saturated rings. The number of carbonyl (C=O) groups excluding carboxylic acids is 4. The van der Waals surface area contributed by atoms with Crippen LogP contribution in [0.1, 0.15) is 57.4 Å². The van der Waals surface area contributed by atoms with Crippen molar-refractivity contribution in [2.45, 2.75) is 70.4 Å². The molecule has 3 aliphatic heterocycles. The van der Waals surface area contributed by atoms with Gasteiger partial charge < -0.3 is 24.3 Å². The lowest BCUT2D eigenvalue weighted by molar-refractivity contribution is -0.134. The van der Waals surface area contributed by atoms with E-state index in [0.29, 0.717) is 56.7 Å². The molecule has 2 saturated heterocycles. The molecule has 0 spiro atoms. The number of nitrogens with one attached hydrogen (secondary N) is 1.